The van der Waals surface area contributed by atoms with E-state index in [0.717, 1.165) is 77.0 Å². The minimum Gasteiger partial charge on any atom is -0.373 e. The predicted octanol–water partition coefficient (Wildman–Crippen LogP) is 8.17. The molecule has 0 aliphatic heterocycles. The van der Waals surface area contributed by atoms with Crippen LogP contribution in [0, 0.1) is 69.5 Å². The third-order valence-electron chi connectivity index (χ3n) is 16.4. The van der Waals surface area contributed by atoms with E-state index in [1.54, 1.807) is 0 Å². The molecule has 3 unspecified atom stereocenters. The average molecular weight is 879 g/mol. The summed E-state index contributed by atoms with van der Waals surface area (Å²) >= 11 is -4.40. The lowest BCUT2D eigenvalue weighted by Gasteiger charge is -2.57. The Morgan fingerprint density at radius 1 is 0.526 bits per heavy atom. The molecule has 12 rings (SSSR count). The molecule has 9 nitrogen and oxygen atoms in total. The van der Waals surface area contributed by atoms with Gasteiger partial charge in [0.1, 0.15) is 6.61 Å². The standard InChI is InChI=1S/C39H56F6O9S3/c40-37(41,22-52-19-34-10-23-1-24(11-34)3-25(2-23)12-34)56(48,49)33(54-21-36-16-29-7-30(17-36)9-31(8-29)18-36)39(44,45)57(50,51)32(38(42,43)55(46)47)53-20-35-13-26-4-27(14-35)6-28(5-26)15-35/h23-33H,1-22H2,(H,46,47). The Labute approximate surface area is 334 Å². The molecule has 1 N–H and O–H groups in total. The molecule has 0 amide bonds. The van der Waals surface area contributed by atoms with Crippen LogP contribution in [0.5, 0.6) is 0 Å². The predicted molar refractivity (Wildman–Crippen MR) is 196 cm³/mol. The molecule has 0 aromatic rings. The summed E-state index contributed by atoms with van der Waals surface area (Å²) in [7, 11) is -13.7. The molecule has 0 heterocycles. The fourth-order valence-corrected chi connectivity index (χ4v) is 19.7. The van der Waals surface area contributed by atoms with Gasteiger partial charge < -0.3 is 18.8 Å². The van der Waals surface area contributed by atoms with E-state index < -0.39 is 93.5 Å². The summed E-state index contributed by atoms with van der Waals surface area (Å²) in [5, 5.41) is -16.5. The summed E-state index contributed by atoms with van der Waals surface area (Å²) in [5.41, 5.74) is -10.4. The van der Waals surface area contributed by atoms with Crippen LogP contribution in [0.15, 0.2) is 0 Å². The maximum absolute atomic E-state index is 16.9. The molecule has 0 aromatic heterocycles. The average Bonchev–Trinajstić information content (AvgIpc) is 3.05. The molecule has 12 aliphatic rings. The van der Waals surface area contributed by atoms with Crippen molar-refractivity contribution in [1.29, 1.82) is 0 Å². The summed E-state index contributed by atoms with van der Waals surface area (Å²) in [6, 6.07) is 0. The van der Waals surface area contributed by atoms with Crippen LogP contribution >= 0.6 is 0 Å². The van der Waals surface area contributed by atoms with Gasteiger partial charge in [-0.05, 0) is 185 Å². The van der Waals surface area contributed by atoms with Gasteiger partial charge in [-0.3, -0.25) is 0 Å². The Hall–Kier alpha value is -0.530. The van der Waals surface area contributed by atoms with Gasteiger partial charge in [-0.15, -0.1) is 0 Å². The lowest BCUT2D eigenvalue weighted by atomic mass is 9.50. The molecular weight excluding hydrogens is 823 g/mol. The van der Waals surface area contributed by atoms with Crippen molar-refractivity contribution in [1.82, 2.24) is 0 Å². The van der Waals surface area contributed by atoms with Crippen LogP contribution in [0.3, 0.4) is 0 Å². The number of sulfone groups is 2. The van der Waals surface area contributed by atoms with Crippen LogP contribution in [-0.4, -0.2) is 78.7 Å². The molecule has 12 fully saturated rings. The summed E-state index contributed by atoms with van der Waals surface area (Å²) in [5.74, 6) is 2.34. The van der Waals surface area contributed by atoms with Crippen LogP contribution in [0.2, 0.25) is 0 Å². The number of hydrogen-bond acceptors (Lipinski definition) is 8. The highest BCUT2D eigenvalue weighted by Gasteiger charge is 2.72. The van der Waals surface area contributed by atoms with Gasteiger partial charge in [-0.2, -0.15) is 26.3 Å². The Morgan fingerprint density at radius 2 is 0.825 bits per heavy atom. The van der Waals surface area contributed by atoms with E-state index in [1.807, 2.05) is 0 Å². The van der Waals surface area contributed by atoms with Crippen LogP contribution in [0.25, 0.3) is 0 Å². The van der Waals surface area contributed by atoms with Crippen molar-refractivity contribution >= 4 is 30.8 Å². The van der Waals surface area contributed by atoms with Crippen LogP contribution in [0.4, 0.5) is 26.3 Å². The molecule has 0 spiro atoms. The number of halogens is 6. The van der Waals surface area contributed by atoms with E-state index in [4.69, 9.17) is 14.2 Å². The first kappa shape index (κ1) is 41.8. The van der Waals surface area contributed by atoms with E-state index in [0.29, 0.717) is 56.3 Å². The number of ether oxygens (including phenoxy) is 3. The zero-order valence-electron chi connectivity index (χ0n) is 32.1. The number of alkyl halides is 6. The van der Waals surface area contributed by atoms with E-state index in [1.165, 1.54) is 0 Å². The summed E-state index contributed by atoms with van der Waals surface area (Å²) in [6.45, 7) is -3.68. The minimum atomic E-state index is -7.05. The monoisotopic (exact) mass is 878 g/mol. The first-order valence-electron chi connectivity index (χ1n) is 21.1. The maximum atomic E-state index is 16.9. The van der Waals surface area contributed by atoms with Crippen molar-refractivity contribution in [3.05, 3.63) is 0 Å². The van der Waals surface area contributed by atoms with Gasteiger partial charge >= 0.3 is 15.8 Å². The molecule has 3 atom stereocenters. The van der Waals surface area contributed by atoms with E-state index in [9.17, 15) is 25.6 Å². The molecular formula is C39H56F6O9S3. The Morgan fingerprint density at radius 3 is 1.14 bits per heavy atom. The largest absolute Gasteiger partial charge is 0.388 e. The third kappa shape index (κ3) is 7.19. The highest BCUT2D eigenvalue weighted by molar-refractivity contribution is 7.97. The molecule has 0 aromatic carbocycles. The highest BCUT2D eigenvalue weighted by Crippen LogP contribution is 2.63. The van der Waals surface area contributed by atoms with E-state index in [-0.39, 0.29) is 42.1 Å². The fourth-order valence-electron chi connectivity index (χ4n) is 15.6. The lowest BCUT2D eigenvalue weighted by molar-refractivity contribution is -0.138. The summed E-state index contributed by atoms with van der Waals surface area (Å²) < 4.78 is 191. The first-order chi connectivity index (χ1) is 26.5. The Balaban J connectivity index is 1.00. The van der Waals surface area contributed by atoms with Gasteiger partial charge in [0, 0.05) is 0 Å². The fraction of sp³-hybridized carbons (Fsp3) is 1.00. The maximum Gasteiger partial charge on any atom is 0.388 e. The van der Waals surface area contributed by atoms with Crippen LogP contribution in [0.1, 0.15) is 116 Å². The van der Waals surface area contributed by atoms with E-state index >= 15 is 26.3 Å². The van der Waals surface area contributed by atoms with Gasteiger partial charge in [0.15, 0.2) is 0 Å². The second-order valence-electron chi connectivity index (χ2n) is 21.1. The molecule has 12 saturated carbocycles. The van der Waals surface area contributed by atoms with Gasteiger partial charge in [0.25, 0.3) is 19.7 Å². The van der Waals surface area contributed by atoms with Crippen molar-refractivity contribution in [2.24, 2.45) is 69.5 Å². The normalized spacial score (nSPS) is 43.8. The number of rotatable bonds is 17. The quantitative estimate of drug-likeness (QED) is 0.114. The van der Waals surface area contributed by atoms with Crippen molar-refractivity contribution in [3.8, 4) is 0 Å². The molecule has 57 heavy (non-hydrogen) atoms. The molecule has 0 saturated heterocycles. The number of hydrogen-bond donors (Lipinski definition) is 1. The Bertz CT molecular complexity index is 1720. The molecule has 12 aliphatic carbocycles. The van der Waals surface area contributed by atoms with Gasteiger partial charge in [-0.25, -0.2) is 21.0 Å². The van der Waals surface area contributed by atoms with Crippen molar-refractivity contribution in [2.45, 2.75) is 142 Å². The molecule has 18 heteroatoms. The molecule has 12 bridgehead atoms. The summed E-state index contributed by atoms with van der Waals surface area (Å²) in [4.78, 5) is 0. The highest BCUT2D eigenvalue weighted by atomic mass is 32.2. The first-order valence-corrected chi connectivity index (χ1v) is 25.3. The summed E-state index contributed by atoms with van der Waals surface area (Å²) in [6.07, 6.45) is 13.2. The second kappa shape index (κ2) is 14.0. The van der Waals surface area contributed by atoms with Crippen LogP contribution < -0.4 is 0 Å². The van der Waals surface area contributed by atoms with Crippen molar-refractivity contribution in [3.63, 3.8) is 0 Å². The lowest BCUT2D eigenvalue weighted by Crippen LogP contribution is -2.60. The Kier molecular flexibility index (Phi) is 10.3. The van der Waals surface area contributed by atoms with Crippen LogP contribution in [-0.2, 0) is 45.0 Å². The molecule has 326 valence electrons. The third-order valence-corrected chi connectivity index (χ3v) is 21.3. The SMILES string of the molecule is O=S(O)C(F)(F)C(OCC12CC3CC(CC(C3)C1)C2)S(=O)(=O)C(F)(F)C(OCC12CC3CC(CC(C3)C1)C2)S(=O)(=O)C(F)(F)COCC12CC3CC(CC(C3)C1)C2. The van der Waals surface area contributed by atoms with Gasteiger partial charge in [0.05, 0.1) is 19.8 Å². The minimum absolute atomic E-state index is 0.180. The topological polar surface area (TPSA) is 133 Å². The van der Waals surface area contributed by atoms with Crippen molar-refractivity contribution < 1.29 is 66.2 Å². The second-order valence-corrected chi connectivity index (χ2v) is 26.4. The van der Waals surface area contributed by atoms with E-state index in [2.05, 4.69) is 0 Å². The van der Waals surface area contributed by atoms with Gasteiger partial charge in [-0.1, -0.05) is 0 Å². The van der Waals surface area contributed by atoms with Gasteiger partial charge in [0.2, 0.25) is 22.0 Å². The zero-order valence-corrected chi connectivity index (χ0v) is 34.6. The molecule has 0 radical (unpaired) electrons. The zero-order chi connectivity index (χ0) is 40.6. The smallest absolute Gasteiger partial charge is 0.373 e. The van der Waals surface area contributed by atoms with Crippen molar-refractivity contribution in [2.75, 3.05) is 26.4 Å².